The maximum atomic E-state index is 4.41. The Kier molecular flexibility index (Phi) is 3.96. The molecule has 0 saturated carbocycles. The highest BCUT2D eigenvalue weighted by atomic mass is 15.3. The smallest absolute Gasteiger partial charge is 0.0659 e. The first kappa shape index (κ1) is 13.4. The molecule has 0 atom stereocenters. The maximum Gasteiger partial charge on any atom is 0.0659 e. The molecule has 0 unspecified atom stereocenters. The van der Waals surface area contributed by atoms with Gasteiger partial charge in [-0.05, 0) is 24.1 Å². The molecule has 21 heavy (non-hydrogen) atoms. The third kappa shape index (κ3) is 3.48. The summed E-state index contributed by atoms with van der Waals surface area (Å²) in [5, 5.41) is 7.80. The molecule has 0 aliphatic heterocycles. The lowest BCUT2D eigenvalue weighted by Gasteiger charge is -2.06. The first-order chi connectivity index (χ1) is 10.3. The second kappa shape index (κ2) is 6.22. The number of nitrogens with zero attached hydrogens (tertiary/aromatic N) is 3. The summed E-state index contributed by atoms with van der Waals surface area (Å²) in [6, 6.07) is 12.3. The van der Waals surface area contributed by atoms with Crippen LogP contribution in [0.4, 0.5) is 5.69 Å². The molecule has 0 bridgehead atoms. The van der Waals surface area contributed by atoms with Gasteiger partial charge in [-0.3, -0.25) is 9.67 Å². The zero-order valence-corrected chi connectivity index (χ0v) is 12.0. The van der Waals surface area contributed by atoms with E-state index >= 15 is 0 Å². The highest BCUT2D eigenvalue weighted by Crippen LogP contribution is 2.13. The van der Waals surface area contributed by atoms with Crippen LogP contribution in [0.1, 0.15) is 16.7 Å². The van der Waals surface area contributed by atoms with Crippen LogP contribution >= 0.6 is 0 Å². The minimum atomic E-state index is 0.751. The summed E-state index contributed by atoms with van der Waals surface area (Å²) in [5.74, 6) is 0. The Labute approximate surface area is 124 Å². The Balaban J connectivity index is 1.62. The topological polar surface area (TPSA) is 42.7 Å². The Morgan fingerprint density at radius 1 is 1.05 bits per heavy atom. The molecule has 0 saturated heterocycles. The van der Waals surface area contributed by atoms with E-state index in [1.807, 2.05) is 41.3 Å². The van der Waals surface area contributed by atoms with E-state index in [2.05, 4.69) is 40.7 Å². The molecule has 1 aromatic carbocycles. The summed E-state index contributed by atoms with van der Waals surface area (Å²) in [6.45, 7) is 3.62. The van der Waals surface area contributed by atoms with Gasteiger partial charge in [0.1, 0.15) is 0 Å². The minimum absolute atomic E-state index is 0.751. The van der Waals surface area contributed by atoms with Gasteiger partial charge in [0.05, 0.1) is 24.6 Å². The molecule has 1 N–H and O–H groups in total. The number of rotatable bonds is 5. The molecule has 0 radical (unpaired) electrons. The van der Waals surface area contributed by atoms with Crippen molar-refractivity contribution in [2.24, 2.45) is 0 Å². The lowest BCUT2D eigenvalue weighted by molar-refractivity contribution is 0.686. The van der Waals surface area contributed by atoms with Gasteiger partial charge in [0.15, 0.2) is 0 Å². The van der Waals surface area contributed by atoms with Crippen molar-refractivity contribution in [2.45, 2.75) is 20.0 Å². The van der Waals surface area contributed by atoms with E-state index in [1.165, 1.54) is 11.1 Å². The summed E-state index contributed by atoms with van der Waals surface area (Å²) < 4.78 is 1.96. The van der Waals surface area contributed by atoms with Crippen LogP contribution in [-0.2, 0) is 13.1 Å². The monoisotopic (exact) mass is 278 g/mol. The Hall–Kier alpha value is -2.62. The Morgan fingerprint density at radius 2 is 1.90 bits per heavy atom. The van der Waals surface area contributed by atoms with Gasteiger partial charge in [0.2, 0.25) is 0 Å². The molecular weight excluding hydrogens is 260 g/mol. The predicted molar refractivity (Wildman–Crippen MR) is 84.1 cm³/mol. The van der Waals surface area contributed by atoms with Gasteiger partial charge in [-0.15, -0.1) is 0 Å². The molecule has 0 aliphatic rings. The van der Waals surface area contributed by atoms with Crippen LogP contribution < -0.4 is 5.32 Å². The number of aromatic nitrogens is 3. The van der Waals surface area contributed by atoms with Crippen LogP contribution in [-0.4, -0.2) is 14.8 Å². The van der Waals surface area contributed by atoms with Gasteiger partial charge in [0.25, 0.3) is 0 Å². The highest BCUT2D eigenvalue weighted by molar-refractivity contribution is 5.48. The van der Waals surface area contributed by atoms with Crippen molar-refractivity contribution in [1.29, 1.82) is 0 Å². The van der Waals surface area contributed by atoms with Crippen molar-refractivity contribution < 1.29 is 0 Å². The zero-order chi connectivity index (χ0) is 14.5. The molecule has 0 fully saturated rings. The average Bonchev–Trinajstić information content (AvgIpc) is 2.95. The molecule has 3 aromatic rings. The first-order valence-corrected chi connectivity index (χ1v) is 7.01. The van der Waals surface area contributed by atoms with Gasteiger partial charge in [-0.1, -0.05) is 30.3 Å². The Bertz CT molecular complexity index is 704. The number of aryl methyl sites for hydroxylation is 1. The number of nitrogens with one attached hydrogen (secondary N) is 1. The molecule has 2 heterocycles. The van der Waals surface area contributed by atoms with E-state index in [0.717, 1.165) is 24.3 Å². The van der Waals surface area contributed by atoms with E-state index in [1.54, 1.807) is 6.20 Å². The standard InChI is InChI=1S/C17H18N4/c1-14-7-8-18-11-17(14)19-9-16-10-20-21(13-16)12-15-5-3-2-4-6-15/h2-8,10-11,13,19H,9,12H2,1H3. The fraction of sp³-hybridized carbons (Fsp3) is 0.176. The third-order valence-electron chi connectivity index (χ3n) is 3.40. The molecule has 4 nitrogen and oxygen atoms in total. The van der Waals surface area contributed by atoms with Crippen molar-refractivity contribution in [3.8, 4) is 0 Å². The SMILES string of the molecule is Cc1ccncc1NCc1cnn(Cc2ccccc2)c1. The van der Waals surface area contributed by atoms with Crippen LogP contribution in [0, 0.1) is 6.92 Å². The minimum Gasteiger partial charge on any atom is -0.379 e. The molecule has 0 spiro atoms. The largest absolute Gasteiger partial charge is 0.379 e. The summed E-state index contributed by atoms with van der Waals surface area (Å²) in [7, 11) is 0. The van der Waals surface area contributed by atoms with Crippen molar-refractivity contribution in [1.82, 2.24) is 14.8 Å². The number of hydrogen-bond donors (Lipinski definition) is 1. The van der Waals surface area contributed by atoms with Crippen molar-refractivity contribution in [2.75, 3.05) is 5.32 Å². The number of pyridine rings is 1. The van der Waals surface area contributed by atoms with Gasteiger partial charge < -0.3 is 5.32 Å². The molecular formula is C17H18N4. The second-order valence-corrected chi connectivity index (χ2v) is 5.08. The van der Waals surface area contributed by atoms with Crippen LogP contribution in [0.15, 0.2) is 61.2 Å². The lowest BCUT2D eigenvalue weighted by atomic mass is 10.2. The van der Waals surface area contributed by atoms with E-state index in [4.69, 9.17) is 0 Å². The molecule has 106 valence electrons. The zero-order valence-electron chi connectivity index (χ0n) is 12.0. The van der Waals surface area contributed by atoms with Gasteiger partial charge >= 0.3 is 0 Å². The van der Waals surface area contributed by atoms with E-state index in [0.29, 0.717) is 0 Å². The van der Waals surface area contributed by atoms with E-state index < -0.39 is 0 Å². The van der Waals surface area contributed by atoms with Gasteiger partial charge in [-0.2, -0.15) is 5.10 Å². The molecule has 2 aromatic heterocycles. The van der Waals surface area contributed by atoms with Crippen LogP contribution in [0.3, 0.4) is 0 Å². The Morgan fingerprint density at radius 3 is 2.71 bits per heavy atom. The highest BCUT2D eigenvalue weighted by Gasteiger charge is 2.01. The third-order valence-corrected chi connectivity index (χ3v) is 3.40. The van der Waals surface area contributed by atoms with Crippen molar-refractivity contribution in [3.63, 3.8) is 0 Å². The maximum absolute atomic E-state index is 4.41. The average molecular weight is 278 g/mol. The van der Waals surface area contributed by atoms with Gasteiger partial charge in [0, 0.05) is 24.5 Å². The second-order valence-electron chi connectivity index (χ2n) is 5.08. The normalized spacial score (nSPS) is 10.5. The summed E-state index contributed by atoms with van der Waals surface area (Å²) in [6.07, 6.45) is 7.63. The first-order valence-electron chi connectivity index (χ1n) is 7.01. The fourth-order valence-electron chi connectivity index (χ4n) is 2.20. The van der Waals surface area contributed by atoms with Crippen molar-refractivity contribution in [3.05, 3.63) is 77.9 Å². The molecule has 3 rings (SSSR count). The number of anilines is 1. The predicted octanol–water partition coefficient (Wildman–Crippen LogP) is 3.25. The van der Waals surface area contributed by atoms with Crippen molar-refractivity contribution >= 4 is 5.69 Å². The number of hydrogen-bond acceptors (Lipinski definition) is 3. The van der Waals surface area contributed by atoms with Crippen LogP contribution in [0.5, 0.6) is 0 Å². The summed E-state index contributed by atoms with van der Waals surface area (Å²) in [5.41, 5.74) is 4.67. The molecule has 4 heteroatoms. The van der Waals surface area contributed by atoms with Crippen LogP contribution in [0.25, 0.3) is 0 Å². The lowest BCUT2D eigenvalue weighted by Crippen LogP contribution is -2.01. The van der Waals surface area contributed by atoms with E-state index in [-0.39, 0.29) is 0 Å². The molecule has 0 amide bonds. The quantitative estimate of drug-likeness (QED) is 0.779. The van der Waals surface area contributed by atoms with Gasteiger partial charge in [-0.25, -0.2) is 0 Å². The summed E-state index contributed by atoms with van der Waals surface area (Å²) in [4.78, 5) is 4.14. The summed E-state index contributed by atoms with van der Waals surface area (Å²) >= 11 is 0. The van der Waals surface area contributed by atoms with Crippen LogP contribution in [0.2, 0.25) is 0 Å². The van der Waals surface area contributed by atoms with E-state index in [9.17, 15) is 0 Å². The molecule has 0 aliphatic carbocycles. The fourth-order valence-corrected chi connectivity index (χ4v) is 2.20. The number of benzene rings is 1.